The van der Waals surface area contributed by atoms with Gasteiger partial charge in [-0.3, -0.25) is 9.89 Å². The molecule has 0 saturated carbocycles. The Morgan fingerprint density at radius 1 is 1.40 bits per heavy atom. The third-order valence-electron chi connectivity index (χ3n) is 3.30. The molecule has 0 spiro atoms. The molecule has 0 bridgehead atoms. The van der Waals surface area contributed by atoms with Crippen LogP contribution < -0.4 is 0 Å². The Morgan fingerprint density at radius 2 is 2.05 bits per heavy atom. The number of aliphatic hydroxyl groups is 1. The van der Waals surface area contributed by atoms with Crippen molar-refractivity contribution in [3.05, 3.63) is 40.5 Å². The molecule has 1 aromatic heterocycles. The maximum absolute atomic E-state index is 12.1. The smallest absolute Gasteiger partial charge is 0.272 e. The van der Waals surface area contributed by atoms with Gasteiger partial charge in [0.15, 0.2) is 0 Å². The molecule has 2 aromatic rings. The van der Waals surface area contributed by atoms with Crippen LogP contribution >= 0.6 is 15.9 Å². The van der Waals surface area contributed by atoms with Crippen LogP contribution in [0.15, 0.2) is 34.8 Å². The second kappa shape index (κ2) is 4.71. The summed E-state index contributed by atoms with van der Waals surface area (Å²) in [5.41, 5.74) is 1.36. The average Bonchev–Trinajstić information content (AvgIpc) is 2.85. The molecule has 0 atom stereocenters. The Hall–Kier alpha value is -1.66. The molecule has 5 nitrogen and oxygen atoms in total. The molecule has 6 heteroatoms. The van der Waals surface area contributed by atoms with Crippen LogP contribution in [0, 0.1) is 0 Å². The molecule has 20 heavy (non-hydrogen) atoms. The van der Waals surface area contributed by atoms with E-state index in [9.17, 15) is 9.90 Å². The van der Waals surface area contributed by atoms with Gasteiger partial charge in [-0.15, -0.1) is 0 Å². The molecule has 1 aromatic carbocycles. The Morgan fingerprint density at radius 3 is 2.65 bits per heavy atom. The number of likely N-dealkylation sites (tertiary alicyclic amines) is 1. The van der Waals surface area contributed by atoms with Crippen molar-refractivity contribution in [2.75, 3.05) is 13.1 Å². The van der Waals surface area contributed by atoms with Crippen LogP contribution in [0.4, 0.5) is 0 Å². The lowest BCUT2D eigenvalue weighted by Crippen LogP contribution is -2.61. The van der Waals surface area contributed by atoms with Crippen molar-refractivity contribution in [1.29, 1.82) is 0 Å². The van der Waals surface area contributed by atoms with Crippen molar-refractivity contribution in [2.45, 2.75) is 12.5 Å². The summed E-state index contributed by atoms with van der Waals surface area (Å²) >= 11 is 3.38. The van der Waals surface area contributed by atoms with Gasteiger partial charge in [-0.05, 0) is 25.1 Å². The first-order valence-electron chi connectivity index (χ1n) is 6.28. The van der Waals surface area contributed by atoms with Crippen LogP contribution in [0.2, 0.25) is 0 Å². The van der Waals surface area contributed by atoms with E-state index >= 15 is 0 Å². The van der Waals surface area contributed by atoms with Gasteiger partial charge in [0.1, 0.15) is 5.69 Å². The Kier molecular flexibility index (Phi) is 3.14. The second-order valence-electron chi connectivity index (χ2n) is 5.33. The first-order chi connectivity index (χ1) is 9.44. The van der Waals surface area contributed by atoms with Crippen LogP contribution in [-0.4, -0.2) is 44.8 Å². The van der Waals surface area contributed by atoms with Gasteiger partial charge < -0.3 is 10.0 Å². The predicted molar refractivity (Wildman–Crippen MR) is 78.3 cm³/mol. The molecule has 1 aliphatic rings. The summed E-state index contributed by atoms with van der Waals surface area (Å²) in [6, 6.07) is 9.46. The predicted octanol–water partition coefficient (Wildman–Crippen LogP) is 2.05. The quantitative estimate of drug-likeness (QED) is 0.882. The highest BCUT2D eigenvalue weighted by molar-refractivity contribution is 9.10. The topological polar surface area (TPSA) is 69.2 Å². The van der Waals surface area contributed by atoms with Crippen LogP contribution in [0.1, 0.15) is 17.4 Å². The number of nitrogens with zero attached hydrogens (tertiary/aromatic N) is 2. The van der Waals surface area contributed by atoms with Crippen molar-refractivity contribution in [3.63, 3.8) is 0 Å². The number of hydrogen-bond acceptors (Lipinski definition) is 3. The summed E-state index contributed by atoms with van der Waals surface area (Å²) in [5.74, 6) is -0.132. The van der Waals surface area contributed by atoms with Crippen LogP contribution in [0.25, 0.3) is 11.3 Å². The van der Waals surface area contributed by atoms with Crippen LogP contribution in [0.5, 0.6) is 0 Å². The van der Waals surface area contributed by atoms with Gasteiger partial charge >= 0.3 is 0 Å². The molecule has 2 heterocycles. The van der Waals surface area contributed by atoms with E-state index in [-0.39, 0.29) is 5.91 Å². The van der Waals surface area contributed by atoms with E-state index in [1.165, 1.54) is 0 Å². The van der Waals surface area contributed by atoms with Gasteiger partial charge in [-0.2, -0.15) is 5.10 Å². The third-order valence-corrected chi connectivity index (χ3v) is 3.83. The van der Waals surface area contributed by atoms with E-state index in [1.807, 2.05) is 24.3 Å². The number of nitrogens with one attached hydrogen (secondary N) is 1. The van der Waals surface area contributed by atoms with E-state index < -0.39 is 5.60 Å². The highest BCUT2D eigenvalue weighted by atomic mass is 79.9. The molecular formula is C14H14BrN3O2. The maximum Gasteiger partial charge on any atom is 0.272 e. The lowest BCUT2D eigenvalue weighted by Gasteiger charge is -2.43. The zero-order valence-electron chi connectivity index (χ0n) is 10.9. The largest absolute Gasteiger partial charge is 0.386 e. The summed E-state index contributed by atoms with van der Waals surface area (Å²) in [7, 11) is 0. The van der Waals surface area contributed by atoms with Gasteiger partial charge in [-0.1, -0.05) is 28.1 Å². The summed E-state index contributed by atoms with van der Waals surface area (Å²) in [6.45, 7) is 2.44. The zero-order chi connectivity index (χ0) is 14.3. The van der Waals surface area contributed by atoms with Crippen molar-refractivity contribution in [2.24, 2.45) is 0 Å². The zero-order valence-corrected chi connectivity index (χ0v) is 12.5. The van der Waals surface area contributed by atoms with E-state index in [0.29, 0.717) is 18.8 Å². The normalized spacial score (nSPS) is 16.9. The molecule has 3 rings (SSSR count). The fourth-order valence-electron chi connectivity index (χ4n) is 2.29. The molecule has 0 radical (unpaired) electrons. The van der Waals surface area contributed by atoms with Crippen molar-refractivity contribution >= 4 is 21.8 Å². The van der Waals surface area contributed by atoms with E-state index in [4.69, 9.17) is 0 Å². The summed E-state index contributed by atoms with van der Waals surface area (Å²) in [5, 5.41) is 16.6. The molecule has 104 valence electrons. The maximum atomic E-state index is 12.1. The number of H-pyrrole nitrogens is 1. The average molecular weight is 336 g/mol. The standard InChI is InChI=1S/C14H14BrN3O2/c1-14(20)7-18(8-14)13(19)12-6-11(16-17-12)9-2-4-10(15)5-3-9/h2-6,20H,7-8H2,1H3,(H,16,17). The van der Waals surface area contributed by atoms with E-state index in [1.54, 1.807) is 17.9 Å². The number of benzene rings is 1. The number of carbonyl (C=O) groups is 1. The monoisotopic (exact) mass is 335 g/mol. The van der Waals surface area contributed by atoms with Gasteiger partial charge in [0.2, 0.25) is 0 Å². The number of halogens is 1. The molecular weight excluding hydrogens is 322 g/mol. The fraction of sp³-hybridized carbons (Fsp3) is 0.286. The minimum absolute atomic E-state index is 0.132. The minimum Gasteiger partial charge on any atom is -0.386 e. The van der Waals surface area contributed by atoms with Gasteiger partial charge in [0.25, 0.3) is 5.91 Å². The number of aromatic nitrogens is 2. The second-order valence-corrected chi connectivity index (χ2v) is 6.25. The molecule has 1 amide bonds. The number of carbonyl (C=O) groups excluding carboxylic acids is 1. The van der Waals surface area contributed by atoms with Gasteiger partial charge in [0.05, 0.1) is 24.4 Å². The van der Waals surface area contributed by atoms with Crippen molar-refractivity contribution in [1.82, 2.24) is 15.1 Å². The number of hydrogen-bond donors (Lipinski definition) is 2. The molecule has 1 saturated heterocycles. The lowest BCUT2D eigenvalue weighted by molar-refractivity contribution is -0.0670. The highest BCUT2D eigenvalue weighted by Crippen LogP contribution is 2.24. The van der Waals surface area contributed by atoms with Crippen LogP contribution in [-0.2, 0) is 0 Å². The summed E-state index contributed by atoms with van der Waals surface area (Å²) in [4.78, 5) is 13.7. The van der Waals surface area contributed by atoms with Crippen molar-refractivity contribution in [3.8, 4) is 11.3 Å². The van der Waals surface area contributed by atoms with E-state index in [0.717, 1.165) is 15.7 Å². The van der Waals surface area contributed by atoms with Gasteiger partial charge in [-0.25, -0.2) is 0 Å². The highest BCUT2D eigenvalue weighted by Gasteiger charge is 2.40. The van der Waals surface area contributed by atoms with Gasteiger partial charge in [0, 0.05) is 10.0 Å². The number of aromatic amines is 1. The molecule has 1 aliphatic heterocycles. The number of amides is 1. The Balaban J connectivity index is 1.77. The molecule has 0 unspecified atom stereocenters. The molecule has 0 aliphatic carbocycles. The Labute approximate surface area is 124 Å². The minimum atomic E-state index is -0.760. The fourth-order valence-corrected chi connectivity index (χ4v) is 2.55. The molecule has 1 fully saturated rings. The number of β-amino-alcohol motifs (C(OH)–C–C–N with tert-alkyl or cyclic N) is 1. The summed E-state index contributed by atoms with van der Waals surface area (Å²) < 4.78 is 0.996. The molecule has 2 N–H and O–H groups in total. The third kappa shape index (κ3) is 2.48. The Bertz CT molecular complexity index is 641. The van der Waals surface area contributed by atoms with Crippen LogP contribution in [0.3, 0.4) is 0 Å². The van der Waals surface area contributed by atoms with E-state index in [2.05, 4.69) is 26.1 Å². The first kappa shape index (κ1) is 13.3. The SMILES string of the molecule is CC1(O)CN(C(=O)c2cc(-c3ccc(Br)cc3)n[nH]2)C1. The summed E-state index contributed by atoms with van der Waals surface area (Å²) in [6.07, 6.45) is 0. The lowest BCUT2D eigenvalue weighted by atomic mass is 9.96. The first-order valence-corrected chi connectivity index (χ1v) is 7.07. The van der Waals surface area contributed by atoms with Crippen molar-refractivity contribution < 1.29 is 9.90 Å². The number of rotatable bonds is 2.